The van der Waals surface area contributed by atoms with Crippen LogP contribution in [0.1, 0.15) is 32.0 Å². The maximum Gasteiger partial charge on any atom is 0.256 e. The summed E-state index contributed by atoms with van der Waals surface area (Å²) in [6.07, 6.45) is 0.748. The Kier molecular flexibility index (Phi) is 5.43. The van der Waals surface area contributed by atoms with Crippen molar-refractivity contribution in [2.75, 3.05) is 11.9 Å². The summed E-state index contributed by atoms with van der Waals surface area (Å²) in [7, 11) is 0. The smallest absolute Gasteiger partial charge is 0.256 e. The van der Waals surface area contributed by atoms with Crippen molar-refractivity contribution in [1.82, 2.24) is 10.5 Å². The normalized spacial score (nSPS) is 10.3. The molecule has 2 aromatic carbocycles. The number of aromatic nitrogens is 1. The average Bonchev–Trinajstić information content (AvgIpc) is 3.07. The summed E-state index contributed by atoms with van der Waals surface area (Å²) >= 11 is 0. The van der Waals surface area contributed by atoms with Gasteiger partial charge in [0.15, 0.2) is 5.82 Å². The van der Waals surface area contributed by atoms with E-state index < -0.39 is 0 Å². The van der Waals surface area contributed by atoms with Gasteiger partial charge in [-0.2, -0.15) is 0 Å². The number of nitrogens with one attached hydrogen (secondary N) is 2. The van der Waals surface area contributed by atoms with Gasteiger partial charge in [-0.1, -0.05) is 41.6 Å². The molecule has 1 heterocycles. The predicted octanol–water partition coefficient (Wildman–Crippen LogP) is 3.21. The van der Waals surface area contributed by atoms with Crippen LogP contribution in [0, 0.1) is 6.92 Å². The van der Waals surface area contributed by atoms with Crippen molar-refractivity contribution < 1.29 is 14.1 Å². The molecular weight excluding hydrogens is 330 g/mol. The van der Waals surface area contributed by atoms with Gasteiger partial charge in [0.2, 0.25) is 0 Å². The van der Waals surface area contributed by atoms with Crippen LogP contribution in [-0.2, 0) is 6.42 Å². The van der Waals surface area contributed by atoms with E-state index in [2.05, 4.69) is 15.8 Å². The van der Waals surface area contributed by atoms with Crippen molar-refractivity contribution in [3.8, 4) is 0 Å². The molecule has 2 amide bonds. The predicted molar refractivity (Wildman–Crippen MR) is 98.1 cm³/mol. The van der Waals surface area contributed by atoms with E-state index in [1.807, 2.05) is 30.3 Å². The third kappa shape index (κ3) is 4.57. The van der Waals surface area contributed by atoms with Gasteiger partial charge in [-0.25, -0.2) is 0 Å². The zero-order chi connectivity index (χ0) is 18.4. The molecule has 0 saturated heterocycles. The number of hydrogen-bond donors (Lipinski definition) is 2. The Hall–Kier alpha value is -3.41. The molecule has 26 heavy (non-hydrogen) atoms. The lowest BCUT2D eigenvalue weighted by Crippen LogP contribution is -2.26. The quantitative estimate of drug-likeness (QED) is 0.716. The third-order valence-electron chi connectivity index (χ3n) is 3.80. The van der Waals surface area contributed by atoms with Crippen LogP contribution >= 0.6 is 0 Å². The molecule has 2 N–H and O–H groups in total. The van der Waals surface area contributed by atoms with Crippen molar-refractivity contribution in [1.29, 1.82) is 0 Å². The van der Waals surface area contributed by atoms with E-state index in [1.54, 1.807) is 37.3 Å². The third-order valence-corrected chi connectivity index (χ3v) is 3.80. The molecule has 0 aliphatic rings. The Morgan fingerprint density at radius 2 is 1.69 bits per heavy atom. The number of hydrogen-bond acceptors (Lipinski definition) is 4. The van der Waals surface area contributed by atoms with Crippen LogP contribution < -0.4 is 10.6 Å². The van der Waals surface area contributed by atoms with Crippen LogP contribution in [0.5, 0.6) is 0 Å². The topological polar surface area (TPSA) is 84.2 Å². The number of anilines is 1. The minimum absolute atomic E-state index is 0.215. The number of aryl methyl sites for hydroxylation is 1. The summed E-state index contributed by atoms with van der Waals surface area (Å²) < 4.78 is 4.92. The van der Waals surface area contributed by atoms with E-state index in [-0.39, 0.29) is 11.8 Å². The molecule has 132 valence electrons. The number of carbonyl (C=O) groups excluding carboxylic acids is 2. The SMILES string of the molecule is Cc1cc(NC(=O)c2cccc(C(=O)NCCc3ccccc3)c2)no1. The van der Waals surface area contributed by atoms with Crippen molar-refractivity contribution in [2.45, 2.75) is 13.3 Å². The number of nitrogens with zero attached hydrogens (tertiary/aromatic N) is 1. The first-order valence-corrected chi connectivity index (χ1v) is 8.29. The van der Waals surface area contributed by atoms with E-state index in [0.29, 0.717) is 29.2 Å². The van der Waals surface area contributed by atoms with Gasteiger partial charge in [0.05, 0.1) is 0 Å². The summed E-state index contributed by atoms with van der Waals surface area (Å²) in [6.45, 7) is 2.26. The highest BCUT2D eigenvalue weighted by molar-refractivity contribution is 6.05. The molecule has 0 bridgehead atoms. The number of carbonyl (C=O) groups is 2. The van der Waals surface area contributed by atoms with Crippen LogP contribution in [0.3, 0.4) is 0 Å². The molecule has 0 radical (unpaired) electrons. The molecule has 0 aliphatic carbocycles. The van der Waals surface area contributed by atoms with Crippen LogP contribution in [0.2, 0.25) is 0 Å². The molecule has 0 spiro atoms. The van der Waals surface area contributed by atoms with E-state index >= 15 is 0 Å². The van der Waals surface area contributed by atoms with E-state index in [9.17, 15) is 9.59 Å². The molecule has 6 nitrogen and oxygen atoms in total. The summed E-state index contributed by atoms with van der Waals surface area (Å²) in [4.78, 5) is 24.6. The second-order valence-corrected chi connectivity index (χ2v) is 5.85. The monoisotopic (exact) mass is 349 g/mol. The minimum atomic E-state index is -0.350. The Balaban J connectivity index is 1.59. The summed E-state index contributed by atoms with van der Waals surface area (Å²) in [6, 6.07) is 18.1. The standard InChI is InChI=1S/C20H19N3O3/c1-14-12-18(23-26-14)22-20(25)17-9-5-8-16(13-17)19(24)21-11-10-15-6-3-2-4-7-15/h2-9,12-13H,10-11H2,1H3,(H,21,24)(H,22,23,25). The number of rotatable bonds is 6. The fourth-order valence-corrected chi connectivity index (χ4v) is 2.48. The molecule has 3 aromatic rings. The zero-order valence-electron chi connectivity index (χ0n) is 14.4. The highest BCUT2D eigenvalue weighted by atomic mass is 16.5. The van der Waals surface area contributed by atoms with Crippen LogP contribution in [0.15, 0.2) is 65.2 Å². The van der Waals surface area contributed by atoms with Crippen molar-refractivity contribution in [3.05, 3.63) is 83.1 Å². The van der Waals surface area contributed by atoms with Gasteiger partial charge in [-0.3, -0.25) is 9.59 Å². The van der Waals surface area contributed by atoms with E-state index in [0.717, 1.165) is 12.0 Å². The Morgan fingerprint density at radius 3 is 2.38 bits per heavy atom. The summed E-state index contributed by atoms with van der Waals surface area (Å²) in [5, 5.41) is 9.22. The largest absolute Gasteiger partial charge is 0.360 e. The second kappa shape index (κ2) is 8.11. The fourth-order valence-electron chi connectivity index (χ4n) is 2.48. The van der Waals surface area contributed by atoms with Crippen LogP contribution in [-0.4, -0.2) is 23.5 Å². The van der Waals surface area contributed by atoms with Crippen LogP contribution in [0.4, 0.5) is 5.82 Å². The van der Waals surface area contributed by atoms with Gasteiger partial charge in [0, 0.05) is 23.7 Å². The lowest BCUT2D eigenvalue weighted by Gasteiger charge is -2.07. The van der Waals surface area contributed by atoms with Gasteiger partial charge >= 0.3 is 0 Å². The highest BCUT2D eigenvalue weighted by Crippen LogP contribution is 2.11. The van der Waals surface area contributed by atoms with Gasteiger partial charge in [-0.15, -0.1) is 0 Å². The van der Waals surface area contributed by atoms with Crippen molar-refractivity contribution in [3.63, 3.8) is 0 Å². The van der Waals surface area contributed by atoms with Gasteiger partial charge < -0.3 is 15.2 Å². The first-order chi connectivity index (χ1) is 12.6. The van der Waals surface area contributed by atoms with Crippen LogP contribution in [0.25, 0.3) is 0 Å². The van der Waals surface area contributed by atoms with Gasteiger partial charge in [0.1, 0.15) is 5.76 Å². The highest BCUT2D eigenvalue weighted by Gasteiger charge is 2.12. The molecule has 6 heteroatoms. The van der Waals surface area contributed by atoms with Gasteiger partial charge in [-0.05, 0) is 37.1 Å². The number of benzene rings is 2. The minimum Gasteiger partial charge on any atom is -0.360 e. The lowest BCUT2D eigenvalue weighted by atomic mass is 10.1. The maximum atomic E-state index is 12.3. The molecule has 0 atom stereocenters. The first kappa shape index (κ1) is 17.4. The Morgan fingerprint density at radius 1 is 0.962 bits per heavy atom. The van der Waals surface area contributed by atoms with E-state index in [1.165, 1.54) is 0 Å². The molecule has 0 saturated carbocycles. The molecule has 3 rings (SSSR count). The number of amides is 2. The summed E-state index contributed by atoms with van der Waals surface area (Å²) in [5.74, 6) is 0.377. The lowest BCUT2D eigenvalue weighted by molar-refractivity contribution is 0.0954. The molecule has 0 unspecified atom stereocenters. The molecular formula is C20H19N3O3. The molecule has 0 aliphatic heterocycles. The van der Waals surface area contributed by atoms with E-state index in [4.69, 9.17) is 4.52 Å². The maximum absolute atomic E-state index is 12.3. The molecule has 0 fully saturated rings. The Labute approximate surface area is 151 Å². The van der Waals surface area contributed by atoms with Gasteiger partial charge in [0.25, 0.3) is 11.8 Å². The second-order valence-electron chi connectivity index (χ2n) is 5.85. The fraction of sp³-hybridized carbons (Fsp3) is 0.150. The molecule has 1 aromatic heterocycles. The average molecular weight is 349 g/mol. The zero-order valence-corrected chi connectivity index (χ0v) is 14.4. The Bertz CT molecular complexity index is 903. The first-order valence-electron chi connectivity index (χ1n) is 8.29. The summed E-state index contributed by atoms with van der Waals surface area (Å²) in [5.41, 5.74) is 1.97. The van der Waals surface area contributed by atoms with Crippen molar-refractivity contribution >= 4 is 17.6 Å². The van der Waals surface area contributed by atoms with Crippen molar-refractivity contribution in [2.24, 2.45) is 0 Å².